The minimum absolute atomic E-state index is 0.0831. The molecule has 30 heavy (non-hydrogen) atoms. The predicted molar refractivity (Wildman–Crippen MR) is 119 cm³/mol. The summed E-state index contributed by atoms with van der Waals surface area (Å²) >= 11 is 0. The van der Waals surface area contributed by atoms with Crippen LogP contribution in [-0.4, -0.2) is 28.5 Å². The SMILES string of the molecule is CCc1ccc(NC(=O)c2ccc(S(=O)(=O)N(C)c3ccccc3OC)cc2)cc1. The van der Waals surface area contributed by atoms with Crippen LogP contribution in [0.25, 0.3) is 0 Å². The van der Waals surface area contributed by atoms with Crippen molar-refractivity contribution in [2.45, 2.75) is 18.2 Å². The standard InChI is InChI=1S/C23H24N2O4S/c1-4-17-9-13-19(14-10-17)24-23(26)18-11-15-20(16-12-18)30(27,28)25(2)21-7-5-6-8-22(21)29-3/h5-16H,4H2,1-3H3,(H,24,26). The third-order valence-electron chi connectivity index (χ3n) is 4.82. The number of nitrogens with one attached hydrogen (secondary N) is 1. The van der Waals surface area contributed by atoms with Crippen LogP contribution in [0.5, 0.6) is 5.75 Å². The van der Waals surface area contributed by atoms with Crippen LogP contribution in [0.15, 0.2) is 77.7 Å². The molecule has 0 aliphatic heterocycles. The molecule has 0 heterocycles. The Labute approximate surface area is 177 Å². The first kappa shape index (κ1) is 21.4. The molecule has 0 bridgehead atoms. The van der Waals surface area contributed by atoms with Crippen molar-refractivity contribution >= 4 is 27.3 Å². The Morgan fingerprint density at radius 1 is 0.967 bits per heavy atom. The summed E-state index contributed by atoms with van der Waals surface area (Å²) < 4.78 is 32.4. The van der Waals surface area contributed by atoms with Crippen LogP contribution in [0.4, 0.5) is 11.4 Å². The van der Waals surface area contributed by atoms with E-state index >= 15 is 0 Å². The van der Waals surface area contributed by atoms with Gasteiger partial charge in [0.1, 0.15) is 5.75 Å². The number of para-hydroxylation sites is 2. The molecule has 3 aromatic rings. The van der Waals surface area contributed by atoms with Gasteiger partial charge in [-0.2, -0.15) is 0 Å². The van der Waals surface area contributed by atoms with E-state index in [0.717, 1.165) is 10.7 Å². The molecule has 0 radical (unpaired) electrons. The number of sulfonamides is 1. The van der Waals surface area contributed by atoms with Gasteiger partial charge in [0, 0.05) is 18.3 Å². The zero-order valence-corrected chi connectivity index (χ0v) is 17.9. The van der Waals surface area contributed by atoms with Crippen LogP contribution in [0.2, 0.25) is 0 Å². The summed E-state index contributed by atoms with van der Waals surface area (Å²) in [5.41, 5.74) is 2.66. The van der Waals surface area contributed by atoms with Crippen LogP contribution in [0.3, 0.4) is 0 Å². The van der Waals surface area contributed by atoms with Crippen molar-refractivity contribution in [3.63, 3.8) is 0 Å². The second-order valence-electron chi connectivity index (χ2n) is 6.67. The third kappa shape index (κ3) is 4.46. The van der Waals surface area contributed by atoms with Gasteiger partial charge in [-0.15, -0.1) is 0 Å². The first-order valence-corrected chi connectivity index (χ1v) is 10.9. The molecule has 0 atom stereocenters. The average Bonchev–Trinajstić information content (AvgIpc) is 2.79. The van der Waals surface area contributed by atoms with Crippen molar-refractivity contribution in [1.29, 1.82) is 0 Å². The maximum atomic E-state index is 13.0. The number of nitrogens with zero attached hydrogens (tertiary/aromatic N) is 1. The van der Waals surface area contributed by atoms with E-state index in [1.807, 2.05) is 24.3 Å². The van der Waals surface area contributed by atoms with Gasteiger partial charge in [0.25, 0.3) is 15.9 Å². The summed E-state index contributed by atoms with van der Waals surface area (Å²) in [6, 6.07) is 20.3. The number of amides is 1. The minimum atomic E-state index is -3.81. The van der Waals surface area contributed by atoms with E-state index in [-0.39, 0.29) is 10.8 Å². The Morgan fingerprint density at radius 3 is 2.20 bits per heavy atom. The molecule has 1 amide bonds. The smallest absolute Gasteiger partial charge is 0.264 e. The Hall–Kier alpha value is -3.32. The van der Waals surface area contributed by atoms with Crippen LogP contribution in [0, 0.1) is 0 Å². The van der Waals surface area contributed by atoms with Crippen molar-refractivity contribution in [2.24, 2.45) is 0 Å². The summed E-state index contributed by atoms with van der Waals surface area (Å²) in [6.45, 7) is 2.06. The molecular weight excluding hydrogens is 400 g/mol. The van der Waals surface area contributed by atoms with Crippen LogP contribution in [-0.2, 0) is 16.4 Å². The maximum absolute atomic E-state index is 13.0. The number of methoxy groups -OCH3 is 1. The lowest BCUT2D eigenvalue weighted by atomic mass is 10.1. The molecule has 3 rings (SSSR count). The molecule has 0 spiro atoms. The number of benzene rings is 3. The molecule has 6 nitrogen and oxygen atoms in total. The highest BCUT2D eigenvalue weighted by atomic mass is 32.2. The molecule has 0 unspecified atom stereocenters. The Balaban J connectivity index is 1.79. The van der Waals surface area contributed by atoms with E-state index in [0.29, 0.717) is 22.7 Å². The highest BCUT2D eigenvalue weighted by Gasteiger charge is 2.24. The Bertz CT molecular complexity index is 1120. The summed E-state index contributed by atoms with van der Waals surface area (Å²) in [5, 5.41) is 2.82. The van der Waals surface area contributed by atoms with E-state index in [4.69, 9.17) is 4.74 Å². The number of hydrogen-bond donors (Lipinski definition) is 1. The molecule has 0 saturated heterocycles. The number of hydrogen-bond acceptors (Lipinski definition) is 4. The Kier molecular flexibility index (Phi) is 6.42. The number of aryl methyl sites for hydroxylation is 1. The van der Waals surface area contributed by atoms with Crippen molar-refractivity contribution in [2.75, 3.05) is 23.8 Å². The van der Waals surface area contributed by atoms with Crippen LogP contribution in [0.1, 0.15) is 22.8 Å². The van der Waals surface area contributed by atoms with Crippen molar-refractivity contribution in [3.8, 4) is 5.75 Å². The van der Waals surface area contributed by atoms with Gasteiger partial charge in [-0.25, -0.2) is 8.42 Å². The fourth-order valence-electron chi connectivity index (χ4n) is 2.98. The number of carbonyl (C=O) groups is 1. The highest BCUT2D eigenvalue weighted by molar-refractivity contribution is 7.92. The van der Waals surface area contributed by atoms with E-state index in [9.17, 15) is 13.2 Å². The number of carbonyl (C=O) groups excluding carboxylic acids is 1. The van der Waals surface area contributed by atoms with Gasteiger partial charge in [-0.3, -0.25) is 9.10 Å². The summed E-state index contributed by atoms with van der Waals surface area (Å²) in [6.07, 6.45) is 0.924. The molecule has 0 fully saturated rings. The average molecular weight is 425 g/mol. The lowest BCUT2D eigenvalue weighted by molar-refractivity contribution is 0.102. The van der Waals surface area contributed by atoms with Gasteiger partial charge in [-0.05, 0) is 60.5 Å². The van der Waals surface area contributed by atoms with Gasteiger partial charge >= 0.3 is 0 Å². The van der Waals surface area contributed by atoms with Crippen molar-refractivity contribution in [3.05, 3.63) is 83.9 Å². The molecule has 156 valence electrons. The number of anilines is 2. The number of ether oxygens (including phenoxy) is 1. The second kappa shape index (κ2) is 9.00. The maximum Gasteiger partial charge on any atom is 0.264 e. The first-order valence-electron chi connectivity index (χ1n) is 9.49. The minimum Gasteiger partial charge on any atom is -0.495 e. The fourth-order valence-corrected chi connectivity index (χ4v) is 4.19. The quantitative estimate of drug-likeness (QED) is 0.612. The van der Waals surface area contributed by atoms with Gasteiger partial charge in [-0.1, -0.05) is 31.2 Å². The third-order valence-corrected chi connectivity index (χ3v) is 6.61. The summed E-state index contributed by atoms with van der Waals surface area (Å²) in [4.78, 5) is 12.6. The topological polar surface area (TPSA) is 75.7 Å². The zero-order chi connectivity index (χ0) is 21.7. The van der Waals surface area contributed by atoms with E-state index in [1.165, 1.54) is 44.0 Å². The molecule has 0 saturated carbocycles. The molecule has 0 aromatic heterocycles. The summed E-state index contributed by atoms with van der Waals surface area (Å²) in [7, 11) is -0.857. The lowest BCUT2D eigenvalue weighted by Gasteiger charge is -2.21. The largest absolute Gasteiger partial charge is 0.495 e. The normalized spacial score (nSPS) is 11.0. The highest BCUT2D eigenvalue weighted by Crippen LogP contribution is 2.30. The molecule has 0 aliphatic rings. The molecular formula is C23H24N2O4S. The Morgan fingerprint density at radius 2 is 1.60 bits per heavy atom. The summed E-state index contributed by atoms with van der Waals surface area (Å²) in [5.74, 6) is 0.148. The molecule has 0 aliphatic carbocycles. The second-order valence-corrected chi connectivity index (χ2v) is 8.64. The predicted octanol–water partition coefficient (Wildman–Crippen LogP) is 4.34. The molecule has 1 N–H and O–H groups in total. The monoisotopic (exact) mass is 424 g/mol. The molecule has 7 heteroatoms. The van der Waals surface area contributed by atoms with Crippen LogP contribution >= 0.6 is 0 Å². The first-order chi connectivity index (χ1) is 14.4. The van der Waals surface area contributed by atoms with Gasteiger partial charge < -0.3 is 10.1 Å². The van der Waals surface area contributed by atoms with Crippen molar-refractivity contribution < 1.29 is 17.9 Å². The van der Waals surface area contributed by atoms with Gasteiger partial charge in [0.15, 0.2) is 0 Å². The molecule has 3 aromatic carbocycles. The van der Waals surface area contributed by atoms with Crippen LogP contribution < -0.4 is 14.4 Å². The van der Waals surface area contributed by atoms with Gasteiger partial charge in [0.05, 0.1) is 17.7 Å². The van der Waals surface area contributed by atoms with Crippen molar-refractivity contribution in [1.82, 2.24) is 0 Å². The van der Waals surface area contributed by atoms with E-state index in [1.54, 1.807) is 24.3 Å². The zero-order valence-electron chi connectivity index (χ0n) is 17.1. The fraction of sp³-hybridized carbons (Fsp3) is 0.174. The van der Waals surface area contributed by atoms with E-state index in [2.05, 4.69) is 12.2 Å². The van der Waals surface area contributed by atoms with E-state index < -0.39 is 10.0 Å². The number of rotatable bonds is 7. The lowest BCUT2D eigenvalue weighted by Crippen LogP contribution is -2.27. The van der Waals surface area contributed by atoms with Gasteiger partial charge in [0.2, 0.25) is 0 Å².